The maximum absolute atomic E-state index is 11.6. The molecule has 0 saturated carbocycles. The third-order valence-electron chi connectivity index (χ3n) is 4.19. The van der Waals surface area contributed by atoms with Gasteiger partial charge in [-0.1, -0.05) is 30.3 Å². The van der Waals surface area contributed by atoms with Crippen molar-refractivity contribution in [2.24, 2.45) is 5.73 Å². The Labute approximate surface area is 144 Å². The molecule has 0 bridgehead atoms. The zero-order chi connectivity index (χ0) is 17.4. The lowest BCUT2D eigenvalue weighted by Gasteiger charge is -2.10. The fourth-order valence-corrected chi connectivity index (χ4v) is 2.99. The molecule has 0 unspecified atom stereocenters. The largest absolute Gasteiger partial charge is 0.365 e. The highest BCUT2D eigenvalue weighted by atomic mass is 16.1. The molecule has 0 fully saturated rings. The van der Waals surface area contributed by atoms with Gasteiger partial charge in [0.1, 0.15) is 0 Å². The molecule has 4 aromatic rings. The molecule has 5 heteroatoms. The van der Waals surface area contributed by atoms with E-state index in [0.717, 1.165) is 28.1 Å². The van der Waals surface area contributed by atoms with E-state index < -0.39 is 5.91 Å². The zero-order valence-electron chi connectivity index (χ0n) is 13.7. The predicted molar refractivity (Wildman–Crippen MR) is 97.1 cm³/mol. The number of aromatic nitrogens is 3. The number of benzene rings is 1. The normalized spacial score (nSPS) is 10.9. The van der Waals surface area contributed by atoms with Crippen LogP contribution in [0, 0.1) is 6.92 Å². The Morgan fingerprint density at radius 1 is 1.04 bits per heavy atom. The Bertz CT molecular complexity index is 1100. The summed E-state index contributed by atoms with van der Waals surface area (Å²) < 4.78 is 1.65. The number of rotatable bonds is 3. The van der Waals surface area contributed by atoms with Crippen molar-refractivity contribution in [1.29, 1.82) is 0 Å². The number of pyridine rings is 2. The average molecular weight is 328 g/mol. The first-order chi connectivity index (χ1) is 12.1. The standard InChI is InChI=1S/C20H16N4O/c1-13-5-4-8-18(23-13)16-7-3-2-6-15(16)14-9-10-24-19(11-14)17(12-22-24)20(21)25/h2-12H,1H3,(H2,21,25). The van der Waals surface area contributed by atoms with Crippen LogP contribution in [0.2, 0.25) is 0 Å². The second-order valence-corrected chi connectivity index (χ2v) is 5.88. The van der Waals surface area contributed by atoms with E-state index in [1.54, 1.807) is 4.52 Å². The van der Waals surface area contributed by atoms with Gasteiger partial charge in [0.15, 0.2) is 0 Å². The SMILES string of the molecule is Cc1cccc(-c2ccccc2-c2ccn3ncc(C(N)=O)c3c2)n1. The summed E-state index contributed by atoms with van der Waals surface area (Å²) in [6.45, 7) is 1.98. The number of fused-ring (bicyclic) bond motifs is 1. The minimum absolute atomic E-state index is 0.410. The van der Waals surface area contributed by atoms with Crippen molar-refractivity contribution in [2.45, 2.75) is 6.92 Å². The lowest BCUT2D eigenvalue weighted by atomic mass is 9.97. The minimum Gasteiger partial charge on any atom is -0.365 e. The second kappa shape index (κ2) is 5.87. The van der Waals surface area contributed by atoms with Gasteiger partial charge >= 0.3 is 0 Å². The van der Waals surface area contributed by atoms with Gasteiger partial charge in [0.25, 0.3) is 5.91 Å². The topological polar surface area (TPSA) is 73.3 Å². The van der Waals surface area contributed by atoms with E-state index in [-0.39, 0.29) is 0 Å². The van der Waals surface area contributed by atoms with E-state index in [4.69, 9.17) is 5.73 Å². The van der Waals surface area contributed by atoms with E-state index in [9.17, 15) is 4.79 Å². The van der Waals surface area contributed by atoms with E-state index in [1.165, 1.54) is 6.20 Å². The van der Waals surface area contributed by atoms with Crippen molar-refractivity contribution in [2.75, 3.05) is 0 Å². The van der Waals surface area contributed by atoms with Gasteiger partial charge in [0.05, 0.1) is 23.0 Å². The molecule has 25 heavy (non-hydrogen) atoms. The summed E-state index contributed by atoms with van der Waals surface area (Å²) in [7, 11) is 0. The van der Waals surface area contributed by atoms with Crippen molar-refractivity contribution >= 4 is 11.4 Å². The van der Waals surface area contributed by atoms with Crippen LogP contribution in [0.15, 0.2) is 67.0 Å². The maximum Gasteiger partial charge on any atom is 0.252 e. The summed E-state index contributed by atoms with van der Waals surface area (Å²) >= 11 is 0. The molecule has 122 valence electrons. The summed E-state index contributed by atoms with van der Waals surface area (Å²) in [5.41, 5.74) is 11.5. The van der Waals surface area contributed by atoms with E-state index in [0.29, 0.717) is 11.1 Å². The van der Waals surface area contributed by atoms with Gasteiger partial charge in [-0.05, 0) is 42.3 Å². The molecule has 0 radical (unpaired) electrons. The van der Waals surface area contributed by atoms with Crippen LogP contribution in [0.4, 0.5) is 0 Å². The Kier molecular flexibility index (Phi) is 3.54. The van der Waals surface area contributed by atoms with Gasteiger partial charge in [-0.2, -0.15) is 5.10 Å². The highest BCUT2D eigenvalue weighted by molar-refractivity contribution is 6.00. The van der Waals surface area contributed by atoms with Gasteiger partial charge in [-0.3, -0.25) is 9.78 Å². The van der Waals surface area contributed by atoms with E-state index in [2.05, 4.69) is 10.1 Å². The van der Waals surface area contributed by atoms with Crippen LogP contribution in [-0.2, 0) is 0 Å². The van der Waals surface area contributed by atoms with Gasteiger partial charge in [-0.25, -0.2) is 4.52 Å². The Morgan fingerprint density at radius 3 is 2.60 bits per heavy atom. The first kappa shape index (κ1) is 15.1. The fraction of sp³-hybridized carbons (Fsp3) is 0.0500. The van der Waals surface area contributed by atoms with E-state index in [1.807, 2.05) is 67.7 Å². The van der Waals surface area contributed by atoms with Crippen LogP contribution in [0.3, 0.4) is 0 Å². The Hall–Kier alpha value is -3.47. The molecule has 1 amide bonds. The minimum atomic E-state index is -0.485. The molecule has 3 aromatic heterocycles. The third kappa shape index (κ3) is 2.65. The van der Waals surface area contributed by atoms with Crippen LogP contribution in [0.5, 0.6) is 0 Å². The van der Waals surface area contributed by atoms with Gasteiger partial charge < -0.3 is 5.73 Å². The summed E-state index contributed by atoms with van der Waals surface area (Å²) in [5.74, 6) is -0.485. The summed E-state index contributed by atoms with van der Waals surface area (Å²) in [5, 5.41) is 4.17. The number of nitrogens with two attached hydrogens (primary N) is 1. The molecule has 0 spiro atoms. The Balaban J connectivity index is 1.92. The van der Waals surface area contributed by atoms with Crippen LogP contribution < -0.4 is 5.73 Å². The highest BCUT2D eigenvalue weighted by Gasteiger charge is 2.13. The molecule has 0 aliphatic carbocycles. The number of aryl methyl sites for hydroxylation is 1. The lowest BCUT2D eigenvalue weighted by molar-refractivity contribution is 0.100. The van der Waals surface area contributed by atoms with Crippen molar-refractivity contribution < 1.29 is 4.79 Å². The van der Waals surface area contributed by atoms with Gasteiger partial charge in [-0.15, -0.1) is 0 Å². The van der Waals surface area contributed by atoms with Crippen molar-refractivity contribution in [3.63, 3.8) is 0 Å². The lowest BCUT2D eigenvalue weighted by Crippen LogP contribution is -2.10. The number of carbonyl (C=O) groups is 1. The molecule has 2 N–H and O–H groups in total. The third-order valence-corrected chi connectivity index (χ3v) is 4.19. The fourth-order valence-electron chi connectivity index (χ4n) is 2.99. The molecular formula is C20H16N4O. The van der Waals surface area contributed by atoms with Crippen molar-refractivity contribution in [3.8, 4) is 22.4 Å². The van der Waals surface area contributed by atoms with Crippen molar-refractivity contribution in [3.05, 3.63) is 78.2 Å². The molecule has 5 nitrogen and oxygen atoms in total. The number of amides is 1. The molecule has 4 rings (SSSR count). The van der Waals surface area contributed by atoms with Gasteiger partial charge in [0.2, 0.25) is 0 Å². The Morgan fingerprint density at radius 2 is 1.84 bits per heavy atom. The number of carbonyl (C=O) groups excluding carboxylic acids is 1. The molecule has 0 saturated heterocycles. The first-order valence-electron chi connectivity index (χ1n) is 7.94. The summed E-state index contributed by atoms with van der Waals surface area (Å²) in [6, 6.07) is 18.0. The number of hydrogen-bond acceptors (Lipinski definition) is 3. The number of hydrogen-bond donors (Lipinski definition) is 1. The quantitative estimate of drug-likeness (QED) is 0.626. The predicted octanol–water partition coefficient (Wildman–Crippen LogP) is 3.47. The van der Waals surface area contributed by atoms with Crippen LogP contribution >= 0.6 is 0 Å². The average Bonchev–Trinajstić information content (AvgIpc) is 3.05. The maximum atomic E-state index is 11.6. The zero-order valence-corrected chi connectivity index (χ0v) is 13.7. The van der Waals surface area contributed by atoms with Crippen LogP contribution in [0.25, 0.3) is 27.9 Å². The molecule has 3 heterocycles. The molecule has 1 aromatic carbocycles. The molecular weight excluding hydrogens is 312 g/mol. The highest BCUT2D eigenvalue weighted by Crippen LogP contribution is 2.32. The molecule has 0 aliphatic rings. The number of primary amides is 1. The van der Waals surface area contributed by atoms with Gasteiger partial charge in [0, 0.05) is 17.5 Å². The molecule has 0 aliphatic heterocycles. The monoisotopic (exact) mass is 328 g/mol. The summed E-state index contributed by atoms with van der Waals surface area (Å²) in [4.78, 5) is 16.2. The number of nitrogens with zero attached hydrogens (tertiary/aromatic N) is 3. The first-order valence-corrected chi connectivity index (χ1v) is 7.94. The second-order valence-electron chi connectivity index (χ2n) is 5.88. The summed E-state index contributed by atoms with van der Waals surface area (Å²) in [6.07, 6.45) is 3.33. The van der Waals surface area contributed by atoms with Crippen LogP contribution in [0.1, 0.15) is 16.1 Å². The van der Waals surface area contributed by atoms with Crippen molar-refractivity contribution in [1.82, 2.24) is 14.6 Å². The van der Waals surface area contributed by atoms with E-state index >= 15 is 0 Å². The smallest absolute Gasteiger partial charge is 0.252 e. The van der Waals surface area contributed by atoms with Crippen LogP contribution in [-0.4, -0.2) is 20.5 Å². The molecule has 0 atom stereocenters.